The van der Waals surface area contributed by atoms with E-state index in [1.807, 2.05) is 55.5 Å². The monoisotopic (exact) mass is 472 g/mol. The molecule has 1 aliphatic rings. The molecule has 0 unspecified atom stereocenters. The third-order valence-electron chi connectivity index (χ3n) is 6.27. The summed E-state index contributed by atoms with van der Waals surface area (Å²) in [5.41, 5.74) is 4.35. The quantitative estimate of drug-likeness (QED) is 0.342. The number of carbonyl (C=O) groups is 1. The number of furan rings is 1. The van der Waals surface area contributed by atoms with E-state index in [4.69, 9.17) is 9.15 Å². The van der Waals surface area contributed by atoms with Crippen LogP contribution >= 0.6 is 11.8 Å². The van der Waals surface area contributed by atoms with Crippen LogP contribution < -0.4 is 5.32 Å². The predicted molar refractivity (Wildman–Crippen MR) is 138 cm³/mol. The Bertz CT molecular complexity index is 1280. The molecule has 1 amide bonds. The van der Waals surface area contributed by atoms with Crippen molar-refractivity contribution >= 4 is 34.3 Å². The minimum Gasteiger partial charge on any atom is -0.457 e. The van der Waals surface area contributed by atoms with Gasteiger partial charge in [-0.2, -0.15) is 0 Å². The number of aryl methyl sites for hydroxylation is 1. The van der Waals surface area contributed by atoms with Crippen LogP contribution in [0.5, 0.6) is 0 Å². The number of morpholine rings is 1. The van der Waals surface area contributed by atoms with E-state index in [-0.39, 0.29) is 11.9 Å². The van der Waals surface area contributed by atoms with Gasteiger partial charge in [0.1, 0.15) is 11.3 Å². The van der Waals surface area contributed by atoms with Crippen molar-refractivity contribution < 1.29 is 13.9 Å². The molecule has 0 aliphatic carbocycles. The van der Waals surface area contributed by atoms with E-state index >= 15 is 0 Å². The molecule has 5 rings (SSSR count). The highest BCUT2D eigenvalue weighted by Gasteiger charge is 2.31. The van der Waals surface area contributed by atoms with Crippen LogP contribution in [0.1, 0.15) is 33.3 Å². The number of nitrogens with one attached hydrogen (secondary N) is 1. The van der Waals surface area contributed by atoms with Gasteiger partial charge in [-0.25, -0.2) is 0 Å². The van der Waals surface area contributed by atoms with Gasteiger partial charge in [-0.15, -0.1) is 11.8 Å². The lowest BCUT2D eigenvalue weighted by atomic mass is 10.00. The summed E-state index contributed by atoms with van der Waals surface area (Å²) < 4.78 is 12.1. The largest absolute Gasteiger partial charge is 0.457 e. The number of fused-ring (bicyclic) bond motifs is 1. The molecular weight excluding hydrogens is 444 g/mol. The van der Waals surface area contributed by atoms with E-state index < -0.39 is 0 Å². The van der Waals surface area contributed by atoms with Crippen LogP contribution in [0, 0.1) is 6.92 Å². The number of anilines is 1. The average Bonchev–Trinajstić information content (AvgIpc) is 3.23. The summed E-state index contributed by atoms with van der Waals surface area (Å²) in [6.07, 6.45) is 2.08. The van der Waals surface area contributed by atoms with Crippen molar-refractivity contribution in [3.8, 4) is 0 Å². The van der Waals surface area contributed by atoms with Gasteiger partial charge in [0.15, 0.2) is 0 Å². The zero-order chi connectivity index (χ0) is 23.5. The number of rotatable bonds is 6. The highest BCUT2D eigenvalue weighted by atomic mass is 32.2. The molecule has 1 atom stereocenters. The molecule has 2 heterocycles. The molecule has 0 saturated carbocycles. The molecule has 0 radical (unpaired) electrons. The predicted octanol–water partition coefficient (Wildman–Crippen LogP) is 6.14. The number of benzene rings is 3. The SMILES string of the molecule is CSc1ccc([C@@H](c2oc3ccccc3c2NC(=O)c2ccc(C)cc2)N2CCOCC2)cc1. The fourth-order valence-corrected chi connectivity index (χ4v) is 4.83. The van der Waals surface area contributed by atoms with Crippen molar-refractivity contribution in [1.29, 1.82) is 0 Å². The van der Waals surface area contributed by atoms with Gasteiger partial charge >= 0.3 is 0 Å². The van der Waals surface area contributed by atoms with Crippen LogP contribution in [0.15, 0.2) is 82.1 Å². The summed E-state index contributed by atoms with van der Waals surface area (Å²) in [5.74, 6) is 0.603. The van der Waals surface area contributed by atoms with Crippen molar-refractivity contribution in [2.45, 2.75) is 17.9 Å². The third-order valence-corrected chi connectivity index (χ3v) is 7.01. The summed E-state index contributed by atoms with van der Waals surface area (Å²) in [7, 11) is 0. The van der Waals surface area contributed by atoms with Crippen molar-refractivity contribution in [3.63, 3.8) is 0 Å². The minimum atomic E-state index is -0.147. The molecular formula is C28H28N2O3S. The summed E-state index contributed by atoms with van der Waals surface area (Å²) in [6.45, 7) is 4.93. The second kappa shape index (κ2) is 10.1. The van der Waals surface area contributed by atoms with Gasteiger partial charge in [-0.1, -0.05) is 42.0 Å². The van der Waals surface area contributed by atoms with Gasteiger partial charge in [0.2, 0.25) is 0 Å². The third kappa shape index (κ3) is 4.62. The minimum absolute atomic E-state index is 0.138. The van der Waals surface area contributed by atoms with Crippen LogP contribution in [-0.2, 0) is 4.74 Å². The first-order chi connectivity index (χ1) is 16.6. The highest BCUT2D eigenvalue weighted by molar-refractivity contribution is 7.98. The molecule has 1 fully saturated rings. The molecule has 34 heavy (non-hydrogen) atoms. The highest BCUT2D eigenvalue weighted by Crippen LogP contribution is 2.41. The summed E-state index contributed by atoms with van der Waals surface area (Å²) in [4.78, 5) is 16.8. The Hall–Kier alpha value is -3.06. The van der Waals surface area contributed by atoms with Crippen LogP contribution in [0.3, 0.4) is 0 Å². The maximum absolute atomic E-state index is 13.2. The number of amides is 1. The van der Waals surface area contributed by atoms with Gasteiger partial charge in [-0.3, -0.25) is 9.69 Å². The molecule has 0 spiro atoms. The molecule has 174 valence electrons. The van der Waals surface area contributed by atoms with E-state index in [1.54, 1.807) is 11.8 Å². The normalized spacial score (nSPS) is 15.4. The van der Waals surface area contributed by atoms with Crippen molar-refractivity contribution in [2.24, 2.45) is 0 Å². The van der Waals surface area contributed by atoms with Crippen LogP contribution in [0.25, 0.3) is 11.0 Å². The number of hydrogen-bond donors (Lipinski definition) is 1. The lowest BCUT2D eigenvalue weighted by Gasteiger charge is -2.34. The first-order valence-electron chi connectivity index (χ1n) is 11.5. The molecule has 1 N–H and O–H groups in total. The number of carbonyl (C=O) groups excluding carboxylic acids is 1. The maximum atomic E-state index is 13.2. The Labute approximate surface area is 204 Å². The standard InChI is InChI=1S/C28H28N2O3S/c1-19-7-9-21(10-8-19)28(31)29-25-23-5-3-4-6-24(23)33-27(25)26(30-15-17-32-18-16-30)20-11-13-22(34-2)14-12-20/h3-14,26H,15-18H2,1-2H3,(H,29,31)/t26-/m0/s1. The molecule has 0 bridgehead atoms. The van der Waals surface area contributed by atoms with E-state index in [0.29, 0.717) is 18.8 Å². The Morgan fingerprint density at radius 3 is 2.38 bits per heavy atom. The number of nitrogens with zero attached hydrogens (tertiary/aromatic N) is 1. The lowest BCUT2D eigenvalue weighted by molar-refractivity contribution is 0.0206. The smallest absolute Gasteiger partial charge is 0.255 e. The number of thioether (sulfide) groups is 1. The summed E-state index contributed by atoms with van der Waals surface area (Å²) >= 11 is 1.72. The van der Waals surface area contributed by atoms with Crippen LogP contribution in [0.2, 0.25) is 0 Å². The Morgan fingerprint density at radius 1 is 0.971 bits per heavy atom. The van der Waals surface area contributed by atoms with E-state index in [2.05, 4.69) is 40.7 Å². The fourth-order valence-electron chi connectivity index (χ4n) is 4.43. The maximum Gasteiger partial charge on any atom is 0.255 e. The Balaban J connectivity index is 1.61. The second-order valence-electron chi connectivity index (χ2n) is 8.48. The van der Waals surface area contributed by atoms with E-state index in [1.165, 1.54) is 4.90 Å². The Morgan fingerprint density at radius 2 is 1.68 bits per heavy atom. The van der Waals surface area contributed by atoms with Crippen molar-refractivity contribution in [2.75, 3.05) is 37.9 Å². The molecule has 5 nitrogen and oxygen atoms in total. The van der Waals surface area contributed by atoms with Crippen molar-refractivity contribution in [3.05, 3.63) is 95.2 Å². The van der Waals surface area contributed by atoms with Gasteiger partial charge in [0.25, 0.3) is 5.91 Å². The number of hydrogen-bond acceptors (Lipinski definition) is 5. The van der Waals surface area contributed by atoms with Gasteiger partial charge in [0.05, 0.1) is 24.9 Å². The molecule has 1 aromatic heterocycles. The summed E-state index contributed by atoms with van der Waals surface area (Å²) in [6, 6.07) is 23.9. The number of ether oxygens (including phenoxy) is 1. The van der Waals surface area contributed by atoms with E-state index in [0.717, 1.165) is 46.6 Å². The first-order valence-corrected chi connectivity index (χ1v) is 12.7. The molecule has 4 aromatic rings. The topological polar surface area (TPSA) is 54.7 Å². The molecule has 6 heteroatoms. The molecule has 1 saturated heterocycles. The summed E-state index contributed by atoms with van der Waals surface area (Å²) in [5, 5.41) is 4.09. The fraction of sp³-hybridized carbons (Fsp3) is 0.250. The Kier molecular flexibility index (Phi) is 6.72. The van der Waals surface area contributed by atoms with Gasteiger partial charge in [0, 0.05) is 28.9 Å². The van der Waals surface area contributed by atoms with Gasteiger partial charge < -0.3 is 14.5 Å². The average molecular weight is 473 g/mol. The zero-order valence-electron chi connectivity index (χ0n) is 19.4. The first kappa shape index (κ1) is 22.7. The molecule has 3 aromatic carbocycles. The second-order valence-corrected chi connectivity index (χ2v) is 9.36. The van der Waals surface area contributed by atoms with E-state index in [9.17, 15) is 4.79 Å². The number of para-hydroxylation sites is 1. The van der Waals surface area contributed by atoms with Crippen LogP contribution in [0.4, 0.5) is 5.69 Å². The lowest BCUT2D eigenvalue weighted by Crippen LogP contribution is -2.39. The van der Waals surface area contributed by atoms with Crippen molar-refractivity contribution in [1.82, 2.24) is 4.90 Å². The molecule has 1 aliphatic heterocycles. The zero-order valence-corrected chi connectivity index (χ0v) is 20.2. The van der Waals surface area contributed by atoms with Crippen LogP contribution in [-0.4, -0.2) is 43.4 Å². The van der Waals surface area contributed by atoms with Gasteiger partial charge in [-0.05, 0) is 55.1 Å².